The number of carbonyl (C=O) groups is 1. The van der Waals surface area contributed by atoms with Gasteiger partial charge in [-0.15, -0.1) is 0 Å². The number of amides is 2. The second-order valence-corrected chi connectivity index (χ2v) is 3.99. The summed E-state index contributed by atoms with van der Waals surface area (Å²) in [6.45, 7) is 2.11. The summed E-state index contributed by atoms with van der Waals surface area (Å²) in [6.07, 6.45) is 0.994. The van der Waals surface area contributed by atoms with E-state index >= 15 is 0 Å². The van der Waals surface area contributed by atoms with Crippen molar-refractivity contribution in [1.82, 2.24) is 10.2 Å². The van der Waals surface area contributed by atoms with E-state index in [-0.39, 0.29) is 6.03 Å². The van der Waals surface area contributed by atoms with Gasteiger partial charge >= 0.3 is 6.03 Å². The number of nitrogens with one attached hydrogen (secondary N) is 1. The molecule has 0 saturated carbocycles. The molecular formula is C9H11BrN2O2. The first-order valence-electron chi connectivity index (χ1n) is 4.53. The summed E-state index contributed by atoms with van der Waals surface area (Å²) in [5, 5.41) is 2.79. The van der Waals surface area contributed by atoms with Gasteiger partial charge in [0.15, 0.2) is 4.67 Å². The molecule has 1 fully saturated rings. The van der Waals surface area contributed by atoms with Crippen LogP contribution in [0.3, 0.4) is 0 Å². The van der Waals surface area contributed by atoms with Gasteiger partial charge in [-0.3, -0.25) is 0 Å². The monoisotopic (exact) mass is 258 g/mol. The maximum absolute atomic E-state index is 11.4. The van der Waals surface area contributed by atoms with Gasteiger partial charge in [-0.25, -0.2) is 4.79 Å². The van der Waals surface area contributed by atoms with E-state index < -0.39 is 0 Å². The van der Waals surface area contributed by atoms with E-state index in [4.69, 9.17) is 4.42 Å². The van der Waals surface area contributed by atoms with Crippen molar-refractivity contribution in [3.63, 3.8) is 0 Å². The molecule has 76 valence electrons. The van der Waals surface area contributed by atoms with Crippen LogP contribution in [0.25, 0.3) is 0 Å². The lowest BCUT2D eigenvalue weighted by molar-refractivity contribution is 0.178. The first kappa shape index (κ1) is 9.58. The molecule has 0 radical (unpaired) electrons. The lowest BCUT2D eigenvalue weighted by Crippen LogP contribution is -2.45. The van der Waals surface area contributed by atoms with Crippen LogP contribution >= 0.6 is 15.9 Å². The molecule has 2 rings (SSSR count). The highest BCUT2D eigenvalue weighted by Crippen LogP contribution is 2.16. The average Bonchev–Trinajstić information content (AvgIpc) is 2.56. The Morgan fingerprint density at radius 2 is 2.43 bits per heavy atom. The normalized spacial score (nSPS) is 16.9. The fourth-order valence-corrected chi connectivity index (χ4v) is 1.79. The Morgan fingerprint density at radius 3 is 3.07 bits per heavy atom. The number of carbonyl (C=O) groups excluding carboxylic acids is 1. The zero-order valence-corrected chi connectivity index (χ0v) is 9.21. The van der Waals surface area contributed by atoms with E-state index in [9.17, 15) is 4.79 Å². The van der Waals surface area contributed by atoms with Crippen molar-refractivity contribution in [2.45, 2.75) is 13.0 Å². The molecule has 0 aliphatic carbocycles. The summed E-state index contributed by atoms with van der Waals surface area (Å²) >= 11 is 3.23. The highest BCUT2D eigenvalue weighted by atomic mass is 79.9. The number of hydrogen-bond acceptors (Lipinski definition) is 2. The molecule has 2 heterocycles. The number of halogens is 1. The summed E-state index contributed by atoms with van der Waals surface area (Å²) in [7, 11) is 0. The van der Waals surface area contributed by atoms with Gasteiger partial charge in [0.05, 0.1) is 6.54 Å². The molecule has 1 saturated heterocycles. The SMILES string of the molecule is O=C1NCCCN1Cc1ccc(Br)o1. The Kier molecular flexibility index (Phi) is 2.77. The molecule has 1 aromatic rings. The van der Waals surface area contributed by atoms with Crippen LogP contribution in [0.2, 0.25) is 0 Å². The third kappa shape index (κ3) is 2.09. The van der Waals surface area contributed by atoms with Crippen LogP contribution in [0, 0.1) is 0 Å². The Bertz CT molecular complexity index is 337. The van der Waals surface area contributed by atoms with Crippen molar-refractivity contribution in [2.75, 3.05) is 13.1 Å². The van der Waals surface area contributed by atoms with Crippen LogP contribution in [0.1, 0.15) is 12.2 Å². The predicted molar refractivity (Wildman–Crippen MR) is 54.8 cm³/mol. The van der Waals surface area contributed by atoms with E-state index in [0.717, 1.165) is 25.3 Å². The molecule has 1 aromatic heterocycles. The predicted octanol–water partition coefficient (Wildman–Crippen LogP) is 1.96. The molecule has 0 unspecified atom stereocenters. The zero-order chi connectivity index (χ0) is 9.97. The smallest absolute Gasteiger partial charge is 0.317 e. The van der Waals surface area contributed by atoms with Crippen molar-refractivity contribution in [3.8, 4) is 0 Å². The molecule has 1 aliphatic heterocycles. The van der Waals surface area contributed by atoms with Gasteiger partial charge in [0.25, 0.3) is 0 Å². The summed E-state index contributed by atoms with van der Waals surface area (Å²) in [6, 6.07) is 3.69. The third-order valence-electron chi connectivity index (χ3n) is 2.14. The molecular weight excluding hydrogens is 248 g/mol. The van der Waals surface area contributed by atoms with Crippen LogP contribution in [0.4, 0.5) is 4.79 Å². The van der Waals surface area contributed by atoms with Gasteiger partial charge in [-0.1, -0.05) is 0 Å². The standard InChI is InChI=1S/C9H11BrN2O2/c10-8-3-2-7(14-8)6-12-5-1-4-11-9(12)13/h2-3H,1,4-6H2,(H,11,13). The first-order chi connectivity index (χ1) is 6.75. The van der Waals surface area contributed by atoms with E-state index in [0.29, 0.717) is 11.2 Å². The Hall–Kier alpha value is -0.970. The second-order valence-electron chi connectivity index (χ2n) is 3.21. The number of hydrogen-bond donors (Lipinski definition) is 1. The summed E-state index contributed by atoms with van der Waals surface area (Å²) < 4.78 is 6.03. The molecule has 2 amide bonds. The fourth-order valence-electron chi connectivity index (χ4n) is 1.45. The first-order valence-corrected chi connectivity index (χ1v) is 5.32. The van der Waals surface area contributed by atoms with E-state index in [1.165, 1.54) is 0 Å². The number of rotatable bonds is 2. The molecule has 0 aromatic carbocycles. The number of nitrogens with zero attached hydrogens (tertiary/aromatic N) is 1. The minimum Gasteiger partial charge on any atom is -0.452 e. The van der Waals surface area contributed by atoms with Gasteiger partial charge < -0.3 is 14.6 Å². The third-order valence-corrected chi connectivity index (χ3v) is 2.57. The average molecular weight is 259 g/mol. The molecule has 5 heteroatoms. The maximum Gasteiger partial charge on any atom is 0.317 e. The quantitative estimate of drug-likeness (QED) is 0.882. The van der Waals surface area contributed by atoms with E-state index in [2.05, 4.69) is 21.2 Å². The van der Waals surface area contributed by atoms with Crippen molar-refractivity contribution < 1.29 is 9.21 Å². The highest BCUT2D eigenvalue weighted by molar-refractivity contribution is 9.10. The molecule has 0 spiro atoms. The molecule has 4 nitrogen and oxygen atoms in total. The second kappa shape index (κ2) is 4.04. The Morgan fingerprint density at radius 1 is 1.57 bits per heavy atom. The summed E-state index contributed by atoms with van der Waals surface area (Å²) in [5.74, 6) is 0.800. The van der Waals surface area contributed by atoms with Crippen molar-refractivity contribution in [3.05, 3.63) is 22.6 Å². The zero-order valence-electron chi connectivity index (χ0n) is 7.62. The van der Waals surface area contributed by atoms with Crippen LogP contribution < -0.4 is 5.32 Å². The van der Waals surface area contributed by atoms with Crippen LogP contribution in [0.15, 0.2) is 21.2 Å². The van der Waals surface area contributed by atoms with Crippen molar-refractivity contribution >= 4 is 22.0 Å². The summed E-state index contributed by atoms with van der Waals surface area (Å²) in [4.78, 5) is 13.1. The van der Waals surface area contributed by atoms with E-state index in [1.807, 2.05) is 12.1 Å². The molecule has 1 aliphatic rings. The van der Waals surface area contributed by atoms with E-state index in [1.54, 1.807) is 4.90 Å². The van der Waals surface area contributed by atoms with Gasteiger partial charge in [0.2, 0.25) is 0 Å². The van der Waals surface area contributed by atoms with Crippen LogP contribution in [-0.4, -0.2) is 24.0 Å². The maximum atomic E-state index is 11.4. The fraction of sp³-hybridized carbons (Fsp3) is 0.444. The molecule has 0 atom stereocenters. The van der Waals surface area contributed by atoms with Gasteiger partial charge in [-0.2, -0.15) is 0 Å². The largest absolute Gasteiger partial charge is 0.452 e. The lowest BCUT2D eigenvalue weighted by atomic mass is 10.3. The number of furan rings is 1. The van der Waals surface area contributed by atoms with Crippen molar-refractivity contribution in [2.24, 2.45) is 0 Å². The molecule has 14 heavy (non-hydrogen) atoms. The minimum absolute atomic E-state index is 0.0104. The number of urea groups is 1. The lowest BCUT2D eigenvalue weighted by Gasteiger charge is -2.26. The van der Waals surface area contributed by atoms with Gasteiger partial charge in [0.1, 0.15) is 5.76 Å². The van der Waals surface area contributed by atoms with Gasteiger partial charge in [-0.05, 0) is 34.5 Å². The Balaban J connectivity index is 1.99. The van der Waals surface area contributed by atoms with Crippen molar-refractivity contribution in [1.29, 1.82) is 0 Å². The topological polar surface area (TPSA) is 45.5 Å². The summed E-state index contributed by atoms with van der Waals surface area (Å²) in [5.41, 5.74) is 0. The minimum atomic E-state index is -0.0104. The highest BCUT2D eigenvalue weighted by Gasteiger charge is 2.18. The molecule has 0 bridgehead atoms. The van der Waals surface area contributed by atoms with Gasteiger partial charge in [0, 0.05) is 13.1 Å². The molecule has 1 N–H and O–H groups in total. The Labute approximate surface area is 90.4 Å². The van der Waals surface area contributed by atoms with Crippen LogP contribution in [0.5, 0.6) is 0 Å². The van der Waals surface area contributed by atoms with Crippen LogP contribution in [-0.2, 0) is 6.54 Å².